The third kappa shape index (κ3) is 8.51. The van der Waals surface area contributed by atoms with Crippen LogP contribution in [0.15, 0.2) is 78.9 Å². The highest BCUT2D eigenvalue weighted by atomic mass is 32.2. The van der Waals surface area contributed by atoms with E-state index in [0.717, 1.165) is 27.3 Å². The van der Waals surface area contributed by atoms with E-state index in [4.69, 9.17) is 0 Å². The SMILES string of the molecule is CC(=O)c1cccc(N(CC(=O)N(Cc2cccc(C)c2)C(Cc2ccccc2)C(=O)NC(C)C)S(C)(=O)=O)c1. The minimum Gasteiger partial charge on any atom is -0.352 e. The number of benzene rings is 3. The van der Waals surface area contributed by atoms with Gasteiger partial charge in [0, 0.05) is 24.6 Å². The van der Waals surface area contributed by atoms with Gasteiger partial charge in [0.25, 0.3) is 0 Å². The van der Waals surface area contributed by atoms with E-state index in [2.05, 4.69) is 5.32 Å². The van der Waals surface area contributed by atoms with Crippen molar-refractivity contribution >= 4 is 33.3 Å². The maximum atomic E-state index is 14.1. The fourth-order valence-electron chi connectivity index (χ4n) is 4.44. The zero-order valence-electron chi connectivity index (χ0n) is 23.6. The third-order valence-electron chi connectivity index (χ3n) is 6.36. The van der Waals surface area contributed by atoms with Crippen molar-refractivity contribution in [2.75, 3.05) is 17.1 Å². The van der Waals surface area contributed by atoms with E-state index < -0.39 is 28.5 Å². The van der Waals surface area contributed by atoms with Crippen LogP contribution in [0.4, 0.5) is 5.69 Å². The molecular weight excluding hydrogens is 526 g/mol. The van der Waals surface area contributed by atoms with Gasteiger partial charge in [-0.3, -0.25) is 18.7 Å². The molecule has 0 bridgehead atoms. The molecule has 3 rings (SSSR count). The molecule has 0 aliphatic rings. The molecule has 0 aliphatic heterocycles. The first kappa shape index (κ1) is 30.6. The van der Waals surface area contributed by atoms with E-state index in [-0.39, 0.29) is 36.4 Å². The highest BCUT2D eigenvalue weighted by molar-refractivity contribution is 7.92. The summed E-state index contributed by atoms with van der Waals surface area (Å²) in [5.74, 6) is -1.10. The molecular formula is C31H37N3O5S. The molecule has 1 N–H and O–H groups in total. The third-order valence-corrected chi connectivity index (χ3v) is 7.50. The maximum Gasteiger partial charge on any atom is 0.244 e. The number of nitrogens with one attached hydrogen (secondary N) is 1. The van der Waals surface area contributed by atoms with Gasteiger partial charge in [0.05, 0.1) is 11.9 Å². The van der Waals surface area contributed by atoms with Crippen molar-refractivity contribution in [3.05, 3.63) is 101 Å². The summed E-state index contributed by atoms with van der Waals surface area (Å²) in [6.45, 7) is 6.59. The lowest BCUT2D eigenvalue weighted by molar-refractivity contribution is -0.140. The first-order valence-corrected chi connectivity index (χ1v) is 15.0. The lowest BCUT2D eigenvalue weighted by Gasteiger charge is -2.34. The van der Waals surface area contributed by atoms with Crippen molar-refractivity contribution in [3.8, 4) is 0 Å². The van der Waals surface area contributed by atoms with Crippen LogP contribution in [0.1, 0.15) is 47.8 Å². The van der Waals surface area contributed by atoms with E-state index in [9.17, 15) is 22.8 Å². The lowest BCUT2D eigenvalue weighted by atomic mass is 10.0. The topological polar surface area (TPSA) is 104 Å². The number of hydrogen-bond donors (Lipinski definition) is 1. The van der Waals surface area contributed by atoms with Crippen LogP contribution < -0.4 is 9.62 Å². The molecule has 212 valence electrons. The predicted molar refractivity (Wildman–Crippen MR) is 158 cm³/mol. The summed E-state index contributed by atoms with van der Waals surface area (Å²) >= 11 is 0. The minimum absolute atomic E-state index is 0.106. The van der Waals surface area contributed by atoms with Crippen LogP contribution >= 0.6 is 0 Å². The van der Waals surface area contributed by atoms with Crippen LogP contribution in [-0.4, -0.2) is 55.8 Å². The van der Waals surface area contributed by atoms with Crippen LogP contribution in [-0.2, 0) is 32.6 Å². The smallest absolute Gasteiger partial charge is 0.244 e. The second kappa shape index (κ2) is 13.4. The number of anilines is 1. The average molecular weight is 564 g/mol. The fourth-order valence-corrected chi connectivity index (χ4v) is 5.28. The Morgan fingerprint density at radius 3 is 2.12 bits per heavy atom. The molecule has 0 spiro atoms. The van der Waals surface area contributed by atoms with Crippen LogP contribution in [0, 0.1) is 6.92 Å². The van der Waals surface area contributed by atoms with Gasteiger partial charge in [0.1, 0.15) is 12.6 Å². The molecule has 3 aromatic rings. The molecule has 0 saturated heterocycles. The Balaban J connectivity index is 2.07. The largest absolute Gasteiger partial charge is 0.352 e. The van der Waals surface area contributed by atoms with Gasteiger partial charge >= 0.3 is 0 Å². The van der Waals surface area contributed by atoms with Crippen LogP contribution in [0.5, 0.6) is 0 Å². The molecule has 1 atom stereocenters. The zero-order chi connectivity index (χ0) is 29.4. The number of amides is 2. The Bertz CT molecular complexity index is 1450. The molecule has 2 amide bonds. The van der Waals surface area contributed by atoms with E-state index in [0.29, 0.717) is 5.56 Å². The average Bonchev–Trinajstić information content (AvgIpc) is 2.88. The first-order chi connectivity index (χ1) is 18.8. The molecule has 40 heavy (non-hydrogen) atoms. The predicted octanol–water partition coefficient (Wildman–Crippen LogP) is 4.13. The van der Waals surface area contributed by atoms with Crippen LogP contribution in [0.2, 0.25) is 0 Å². The summed E-state index contributed by atoms with van der Waals surface area (Å²) in [7, 11) is -3.92. The fraction of sp³-hybridized carbons (Fsp3) is 0.323. The Morgan fingerprint density at radius 2 is 1.52 bits per heavy atom. The number of carbonyl (C=O) groups is 3. The van der Waals surface area contributed by atoms with Gasteiger partial charge in [-0.2, -0.15) is 0 Å². The molecule has 0 radical (unpaired) electrons. The summed E-state index contributed by atoms with van der Waals surface area (Å²) in [6, 6.07) is 22.1. The Labute approximate surface area is 237 Å². The van der Waals surface area contributed by atoms with Gasteiger partial charge in [-0.25, -0.2) is 8.42 Å². The number of sulfonamides is 1. The van der Waals surface area contributed by atoms with Crippen LogP contribution in [0.25, 0.3) is 0 Å². The van der Waals surface area contributed by atoms with Crippen molar-refractivity contribution in [1.82, 2.24) is 10.2 Å². The molecule has 1 unspecified atom stereocenters. The molecule has 0 heterocycles. The van der Waals surface area contributed by atoms with Gasteiger partial charge < -0.3 is 10.2 Å². The molecule has 0 aliphatic carbocycles. The number of nitrogens with zero attached hydrogens (tertiary/aromatic N) is 2. The summed E-state index contributed by atoms with van der Waals surface area (Å²) in [5, 5.41) is 2.93. The molecule has 8 nitrogen and oxygen atoms in total. The van der Waals surface area contributed by atoms with Crippen molar-refractivity contribution in [2.45, 2.75) is 52.7 Å². The minimum atomic E-state index is -3.92. The highest BCUT2D eigenvalue weighted by Crippen LogP contribution is 2.22. The Hall–Kier alpha value is -3.98. The monoisotopic (exact) mass is 563 g/mol. The van der Waals surface area contributed by atoms with Crippen molar-refractivity contribution in [2.24, 2.45) is 0 Å². The molecule has 0 saturated carbocycles. The quantitative estimate of drug-likeness (QED) is 0.334. The molecule has 0 fully saturated rings. The van der Waals surface area contributed by atoms with Gasteiger partial charge in [-0.1, -0.05) is 72.3 Å². The molecule has 0 aromatic heterocycles. The number of carbonyl (C=O) groups excluding carboxylic acids is 3. The van der Waals surface area contributed by atoms with Gasteiger partial charge in [0.15, 0.2) is 5.78 Å². The summed E-state index contributed by atoms with van der Waals surface area (Å²) in [4.78, 5) is 41.1. The van der Waals surface area contributed by atoms with E-state index in [1.807, 2.05) is 75.4 Å². The molecule has 3 aromatic carbocycles. The molecule has 9 heteroatoms. The van der Waals surface area contributed by atoms with E-state index in [1.165, 1.54) is 17.9 Å². The van der Waals surface area contributed by atoms with E-state index in [1.54, 1.807) is 18.2 Å². The van der Waals surface area contributed by atoms with Crippen molar-refractivity contribution in [1.29, 1.82) is 0 Å². The van der Waals surface area contributed by atoms with Crippen LogP contribution in [0.3, 0.4) is 0 Å². The standard InChI is InChI=1S/C31H37N3O5S/c1-22(2)32-31(37)29(18-25-12-7-6-8-13-25)33(20-26-14-9-11-23(3)17-26)30(36)21-34(40(5,38)39)28-16-10-15-27(19-28)24(4)35/h6-17,19,22,29H,18,20-21H2,1-5H3,(H,32,37). The number of Topliss-reactive ketones (excluding diaryl/α,β-unsaturated/α-hetero) is 1. The maximum absolute atomic E-state index is 14.1. The van der Waals surface area contributed by atoms with E-state index >= 15 is 0 Å². The second-order valence-corrected chi connectivity index (χ2v) is 12.2. The summed E-state index contributed by atoms with van der Waals surface area (Å²) in [5.41, 5.74) is 3.20. The van der Waals surface area contributed by atoms with Gasteiger partial charge in [0.2, 0.25) is 21.8 Å². The highest BCUT2D eigenvalue weighted by Gasteiger charge is 2.33. The Kier molecular flexibility index (Phi) is 10.2. The van der Waals surface area contributed by atoms with Gasteiger partial charge in [-0.05, 0) is 51.0 Å². The Morgan fingerprint density at radius 1 is 0.875 bits per heavy atom. The zero-order valence-corrected chi connectivity index (χ0v) is 24.4. The number of aryl methyl sites for hydroxylation is 1. The number of ketones is 1. The first-order valence-electron chi connectivity index (χ1n) is 13.1. The summed E-state index contributed by atoms with van der Waals surface area (Å²) in [6.07, 6.45) is 1.26. The summed E-state index contributed by atoms with van der Waals surface area (Å²) < 4.78 is 26.8. The van der Waals surface area contributed by atoms with Crippen molar-refractivity contribution < 1.29 is 22.8 Å². The lowest BCUT2D eigenvalue weighted by Crippen LogP contribution is -2.54. The normalized spacial score (nSPS) is 12.1. The number of hydrogen-bond acceptors (Lipinski definition) is 5. The number of rotatable bonds is 12. The second-order valence-electron chi connectivity index (χ2n) is 10.3. The van der Waals surface area contributed by atoms with Gasteiger partial charge in [-0.15, -0.1) is 0 Å². The van der Waals surface area contributed by atoms with Crippen molar-refractivity contribution in [3.63, 3.8) is 0 Å².